The summed E-state index contributed by atoms with van der Waals surface area (Å²) in [6.45, 7) is 16.5. The van der Waals surface area contributed by atoms with Crippen molar-refractivity contribution < 1.29 is 0 Å². The molecule has 0 spiro atoms. The number of allylic oxidation sites excluding steroid dienone is 5. The molecule has 0 unspecified atom stereocenters. The van der Waals surface area contributed by atoms with Crippen molar-refractivity contribution >= 4 is 5.57 Å². The molecule has 50 heavy (non-hydrogen) atoms. The van der Waals surface area contributed by atoms with Crippen LogP contribution in [0, 0.1) is 27.7 Å². The molecule has 0 heteroatoms. The third-order valence-electron chi connectivity index (χ3n) is 8.69. The highest BCUT2D eigenvalue weighted by Gasteiger charge is 2.12. The zero-order valence-electron chi connectivity index (χ0n) is 30.8. The van der Waals surface area contributed by atoms with E-state index in [0.29, 0.717) is 0 Å². The molecule has 0 heterocycles. The Morgan fingerprint density at radius 1 is 0.460 bits per heavy atom. The lowest BCUT2D eigenvalue weighted by Crippen LogP contribution is -1.96. The summed E-state index contributed by atoms with van der Waals surface area (Å²) in [5.74, 6) is 0. The van der Waals surface area contributed by atoms with Crippen LogP contribution in [0.1, 0.15) is 54.5 Å². The fourth-order valence-electron chi connectivity index (χ4n) is 5.76. The first-order valence-corrected chi connectivity index (χ1v) is 17.9. The zero-order valence-corrected chi connectivity index (χ0v) is 30.8. The van der Waals surface area contributed by atoms with Gasteiger partial charge in [-0.1, -0.05) is 201 Å². The van der Waals surface area contributed by atoms with E-state index in [1.165, 1.54) is 72.3 Å². The van der Waals surface area contributed by atoms with Crippen LogP contribution in [0.15, 0.2) is 182 Å². The van der Waals surface area contributed by atoms with Gasteiger partial charge in [0.1, 0.15) is 0 Å². The number of rotatable bonds is 5. The Balaban J connectivity index is 0.000000209. The van der Waals surface area contributed by atoms with Gasteiger partial charge in [0.25, 0.3) is 0 Å². The minimum atomic E-state index is 1.07. The first-order valence-electron chi connectivity index (χ1n) is 17.9. The molecule has 0 nitrogen and oxygen atoms in total. The van der Waals surface area contributed by atoms with Gasteiger partial charge in [-0.15, -0.1) is 0 Å². The van der Waals surface area contributed by atoms with Crippen molar-refractivity contribution in [3.8, 4) is 33.4 Å². The van der Waals surface area contributed by atoms with E-state index < -0.39 is 0 Å². The number of aryl methyl sites for hydroxylation is 4. The van der Waals surface area contributed by atoms with Gasteiger partial charge >= 0.3 is 0 Å². The van der Waals surface area contributed by atoms with Crippen molar-refractivity contribution in [1.29, 1.82) is 0 Å². The highest BCUT2D eigenvalue weighted by molar-refractivity contribution is 5.84. The van der Waals surface area contributed by atoms with Crippen molar-refractivity contribution in [3.63, 3.8) is 0 Å². The predicted octanol–water partition coefficient (Wildman–Crippen LogP) is 14.6. The average molecular weight is 653 g/mol. The second-order valence-corrected chi connectivity index (χ2v) is 12.4. The van der Waals surface area contributed by atoms with Gasteiger partial charge in [-0.25, -0.2) is 0 Å². The minimum Gasteiger partial charge on any atom is -0.0988 e. The van der Waals surface area contributed by atoms with E-state index in [2.05, 4.69) is 174 Å². The van der Waals surface area contributed by atoms with Gasteiger partial charge < -0.3 is 0 Å². The first kappa shape index (κ1) is 37.4. The lowest BCUT2D eigenvalue weighted by molar-refractivity contribution is 0.996. The summed E-state index contributed by atoms with van der Waals surface area (Å²) in [7, 11) is 0. The molecule has 0 aliphatic heterocycles. The molecule has 0 saturated carbocycles. The number of hydrogen-bond acceptors (Lipinski definition) is 0. The predicted molar refractivity (Wildman–Crippen MR) is 221 cm³/mol. The summed E-state index contributed by atoms with van der Waals surface area (Å²) >= 11 is 0. The second-order valence-electron chi connectivity index (χ2n) is 12.4. The van der Waals surface area contributed by atoms with Gasteiger partial charge in [0, 0.05) is 0 Å². The third kappa shape index (κ3) is 10.8. The standard InChI is InChI=1S/C28H26.C13H12.C7H8.C2H6/c1-4-22-7-5-6-8-27(22)28-19-26(14-11-21(28)3)25-17-15-24(16-18-25)23-12-9-20(2)10-13-23;1-11-7-9-13(10-8-11)12-5-3-2-4-6-12;1-7-5-3-2-4-6-7;1-2/h4,6,8-19H,1,5,7H2,2-3H3;2-10H,1H3;2-6H,1H3;1-2H3. The van der Waals surface area contributed by atoms with Crippen LogP contribution in [0.4, 0.5) is 0 Å². The highest BCUT2D eigenvalue weighted by atomic mass is 14.2. The van der Waals surface area contributed by atoms with Gasteiger partial charge in [-0.2, -0.15) is 0 Å². The van der Waals surface area contributed by atoms with E-state index in [4.69, 9.17) is 0 Å². The molecule has 0 amide bonds. The van der Waals surface area contributed by atoms with Crippen molar-refractivity contribution in [3.05, 3.63) is 210 Å². The minimum absolute atomic E-state index is 1.07. The maximum atomic E-state index is 4.02. The third-order valence-corrected chi connectivity index (χ3v) is 8.69. The summed E-state index contributed by atoms with van der Waals surface area (Å²) in [4.78, 5) is 0. The molecule has 0 N–H and O–H groups in total. The van der Waals surface area contributed by atoms with Crippen LogP contribution in [0.2, 0.25) is 0 Å². The summed E-state index contributed by atoms with van der Waals surface area (Å²) < 4.78 is 0. The Labute approximate surface area is 302 Å². The van der Waals surface area contributed by atoms with Crippen LogP contribution >= 0.6 is 0 Å². The maximum absolute atomic E-state index is 4.02. The Bertz CT molecular complexity index is 1950. The Morgan fingerprint density at radius 2 is 0.860 bits per heavy atom. The van der Waals surface area contributed by atoms with Crippen LogP contribution in [0.3, 0.4) is 0 Å². The van der Waals surface area contributed by atoms with Crippen LogP contribution in [-0.2, 0) is 0 Å². The molecule has 252 valence electrons. The summed E-state index contributed by atoms with van der Waals surface area (Å²) in [6.07, 6.45) is 8.72. The van der Waals surface area contributed by atoms with E-state index in [1.54, 1.807) is 0 Å². The second kappa shape index (κ2) is 19.5. The molecule has 0 aromatic heterocycles. The van der Waals surface area contributed by atoms with E-state index in [0.717, 1.165) is 12.8 Å². The quantitative estimate of drug-likeness (QED) is 0.174. The molecule has 0 fully saturated rings. The van der Waals surface area contributed by atoms with Crippen molar-refractivity contribution in [1.82, 2.24) is 0 Å². The molecule has 7 rings (SSSR count). The molecule has 0 atom stereocenters. The number of hydrogen-bond donors (Lipinski definition) is 0. The van der Waals surface area contributed by atoms with Gasteiger partial charge in [-0.3, -0.25) is 0 Å². The van der Waals surface area contributed by atoms with Crippen molar-refractivity contribution in [2.24, 2.45) is 0 Å². The SMILES string of the molecule is C=CC1=C(c2cc(-c3ccc(-c4ccc(C)cc4)cc3)ccc2C)C=CCC1.CC.Cc1ccc(-c2ccccc2)cc1.Cc1ccccc1. The molecule has 6 aromatic rings. The maximum Gasteiger partial charge on any atom is -0.0146 e. The molecule has 0 bridgehead atoms. The monoisotopic (exact) mass is 652 g/mol. The van der Waals surface area contributed by atoms with E-state index in [-0.39, 0.29) is 0 Å². The van der Waals surface area contributed by atoms with E-state index >= 15 is 0 Å². The smallest absolute Gasteiger partial charge is 0.0146 e. The normalized spacial score (nSPS) is 11.6. The van der Waals surface area contributed by atoms with Crippen LogP contribution in [0.5, 0.6) is 0 Å². The molecule has 6 aromatic carbocycles. The highest BCUT2D eigenvalue weighted by Crippen LogP contribution is 2.34. The van der Waals surface area contributed by atoms with Crippen molar-refractivity contribution in [2.45, 2.75) is 54.4 Å². The van der Waals surface area contributed by atoms with Crippen LogP contribution < -0.4 is 0 Å². The van der Waals surface area contributed by atoms with E-state index in [1.807, 2.05) is 44.2 Å². The molecule has 1 aliphatic rings. The fourth-order valence-corrected chi connectivity index (χ4v) is 5.76. The lowest BCUT2D eigenvalue weighted by Gasteiger charge is -2.17. The van der Waals surface area contributed by atoms with E-state index in [9.17, 15) is 0 Å². The Hall–Kier alpha value is -5.46. The van der Waals surface area contributed by atoms with Gasteiger partial charge in [0.15, 0.2) is 0 Å². The zero-order chi connectivity index (χ0) is 35.7. The Kier molecular flexibility index (Phi) is 14.6. The average Bonchev–Trinajstić information content (AvgIpc) is 3.18. The lowest BCUT2D eigenvalue weighted by atomic mass is 9.88. The van der Waals surface area contributed by atoms with Crippen LogP contribution in [0.25, 0.3) is 39.0 Å². The van der Waals surface area contributed by atoms with Gasteiger partial charge in [0.2, 0.25) is 0 Å². The largest absolute Gasteiger partial charge is 0.0988 e. The molecule has 0 radical (unpaired) electrons. The summed E-state index contributed by atoms with van der Waals surface area (Å²) in [5.41, 5.74) is 16.8. The van der Waals surface area contributed by atoms with Gasteiger partial charge in [0.05, 0.1) is 0 Å². The summed E-state index contributed by atoms with van der Waals surface area (Å²) in [6, 6.07) is 53.7. The molecule has 1 aliphatic carbocycles. The number of benzene rings is 6. The molecular formula is C50H52. The molecule has 0 saturated heterocycles. The summed E-state index contributed by atoms with van der Waals surface area (Å²) in [5, 5.41) is 0. The van der Waals surface area contributed by atoms with Gasteiger partial charge in [-0.05, 0) is 102 Å². The van der Waals surface area contributed by atoms with Crippen LogP contribution in [-0.4, -0.2) is 0 Å². The molecular weight excluding hydrogens is 601 g/mol. The Morgan fingerprint density at radius 3 is 1.32 bits per heavy atom. The van der Waals surface area contributed by atoms with Crippen molar-refractivity contribution in [2.75, 3.05) is 0 Å². The topological polar surface area (TPSA) is 0 Å². The first-order chi connectivity index (χ1) is 24.4. The fraction of sp³-hybridized carbons (Fsp3) is 0.160.